The highest BCUT2D eigenvalue weighted by Gasteiger charge is 2.21. The summed E-state index contributed by atoms with van der Waals surface area (Å²) in [5.41, 5.74) is 1.03. The van der Waals surface area contributed by atoms with Crippen molar-refractivity contribution in [2.75, 3.05) is 53.7 Å². The molecule has 1 aromatic rings. The Labute approximate surface area is 136 Å². The Morgan fingerprint density at radius 1 is 1.35 bits per heavy atom. The maximum Gasteiger partial charge on any atom is 0.236 e. The zero-order valence-corrected chi connectivity index (χ0v) is 13.6. The number of methoxy groups -OCH3 is 1. The summed E-state index contributed by atoms with van der Waals surface area (Å²) in [5.74, 6) is 2.18. The molecular formula is C16H23N3O4. The molecule has 0 atom stereocenters. The van der Waals surface area contributed by atoms with E-state index < -0.39 is 0 Å². The Bertz CT molecular complexity index is 573. The van der Waals surface area contributed by atoms with Crippen LogP contribution in [-0.4, -0.2) is 69.4 Å². The fourth-order valence-electron chi connectivity index (χ4n) is 2.89. The number of carbonyl (C=O) groups is 1. The van der Waals surface area contributed by atoms with E-state index in [1.165, 1.54) is 0 Å². The van der Waals surface area contributed by atoms with Crippen LogP contribution in [-0.2, 0) is 11.3 Å². The van der Waals surface area contributed by atoms with E-state index in [1.807, 2.05) is 29.0 Å². The first-order chi connectivity index (χ1) is 11.2. The third-order valence-electron chi connectivity index (χ3n) is 4.05. The van der Waals surface area contributed by atoms with Crippen LogP contribution in [0.25, 0.3) is 0 Å². The lowest BCUT2D eigenvalue weighted by molar-refractivity contribution is -0.132. The Morgan fingerprint density at radius 2 is 2.13 bits per heavy atom. The zero-order valence-electron chi connectivity index (χ0n) is 13.6. The molecule has 23 heavy (non-hydrogen) atoms. The number of rotatable bonds is 5. The highest BCUT2D eigenvalue weighted by molar-refractivity contribution is 5.78. The molecule has 0 radical (unpaired) electrons. The van der Waals surface area contributed by atoms with Crippen LogP contribution in [0.2, 0.25) is 0 Å². The molecule has 1 saturated heterocycles. The Hall–Kier alpha value is -1.99. The lowest BCUT2D eigenvalue weighted by Gasteiger charge is -2.29. The van der Waals surface area contributed by atoms with E-state index in [4.69, 9.17) is 14.2 Å². The summed E-state index contributed by atoms with van der Waals surface area (Å²) in [6.07, 6.45) is 0. The largest absolute Gasteiger partial charge is 0.493 e. The van der Waals surface area contributed by atoms with Gasteiger partial charge in [0.05, 0.1) is 13.7 Å². The second-order valence-electron chi connectivity index (χ2n) is 5.83. The van der Waals surface area contributed by atoms with E-state index in [-0.39, 0.29) is 12.7 Å². The lowest BCUT2D eigenvalue weighted by Crippen LogP contribution is -2.49. The van der Waals surface area contributed by atoms with E-state index in [0.717, 1.165) is 31.7 Å². The first-order valence-corrected chi connectivity index (χ1v) is 7.81. The quantitative estimate of drug-likeness (QED) is 0.841. The second kappa shape index (κ2) is 7.06. The number of fused-ring (bicyclic) bond motifs is 1. The molecule has 1 fully saturated rings. The average Bonchev–Trinajstić information content (AvgIpc) is 3.03. The van der Waals surface area contributed by atoms with E-state index in [1.54, 1.807) is 7.11 Å². The van der Waals surface area contributed by atoms with Crippen molar-refractivity contribution in [3.63, 3.8) is 0 Å². The number of benzene rings is 1. The van der Waals surface area contributed by atoms with Crippen molar-refractivity contribution in [1.29, 1.82) is 0 Å². The summed E-state index contributed by atoms with van der Waals surface area (Å²) in [4.78, 5) is 16.2. The zero-order chi connectivity index (χ0) is 16.2. The minimum absolute atomic E-state index is 0.168. The van der Waals surface area contributed by atoms with Crippen LogP contribution >= 0.6 is 0 Å². The predicted octanol–water partition coefficient (Wildman–Crippen LogP) is 0.288. The van der Waals surface area contributed by atoms with Gasteiger partial charge in [0.25, 0.3) is 0 Å². The smallest absolute Gasteiger partial charge is 0.236 e. The normalized spacial score (nSPS) is 16.7. The van der Waals surface area contributed by atoms with Gasteiger partial charge in [-0.3, -0.25) is 9.69 Å². The van der Waals surface area contributed by atoms with Crippen LogP contribution < -0.4 is 19.5 Å². The minimum Gasteiger partial charge on any atom is -0.493 e. The summed E-state index contributed by atoms with van der Waals surface area (Å²) >= 11 is 0. The average molecular weight is 321 g/mol. The van der Waals surface area contributed by atoms with Crippen molar-refractivity contribution in [1.82, 2.24) is 15.1 Å². The van der Waals surface area contributed by atoms with Crippen LogP contribution in [0.15, 0.2) is 12.1 Å². The summed E-state index contributed by atoms with van der Waals surface area (Å²) in [6.45, 7) is 4.56. The van der Waals surface area contributed by atoms with E-state index in [9.17, 15) is 4.79 Å². The third kappa shape index (κ3) is 3.68. The number of ether oxygens (including phenoxy) is 3. The number of amides is 1. The monoisotopic (exact) mass is 321 g/mol. The fraction of sp³-hybridized carbons (Fsp3) is 0.562. The first kappa shape index (κ1) is 15.9. The number of piperazine rings is 1. The van der Waals surface area contributed by atoms with Gasteiger partial charge < -0.3 is 24.4 Å². The number of hydrogen-bond donors (Lipinski definition) is 1. The molecule has 2 aliphatic heterocycles. The van der Waals surface area contributed by atoms with Crippen LogP contribution in [0.5, 0.6) is 17.2 Å². The summed E-state index contributed by atoms with van der Waals surface area (Å²) in [6, 6.07) is 3.87. The van der Waals surface area contributed by atoms with Gasteiger partial charge >= 0.3 is 0 Å². The van der Waals surface area contributed by atoms with Crippen molar-refractivity contribution in [2.45, 2.75) is 6.54 Å². The number of carbonyl (C=O) groups excluding carboxylic acids is 1. The van der Waals surface area contributed by atoms with Crippen LogP contribution in [0.1, 0.15) is 5.56 Å². The second-order valence-corrected chi connectivity index (χ2v) is 5.83. The van der Waals surface area contributed by atoms with Gasteiger partial charge in [0.15, 0.2) is 11.5 Å². The number of likely N-dealkylation sites (N-methyl/N-ethyl adjacent to an activating group) is 1. The van der Waals surface area contributed by atoms with Gasteiger partial charge in [0, 0.05) is 32.7 Å². The number of nitrogens with zero attached hydrogens (tertiary/aromatic N) is 2. The highest BCUT2D eigenvalue weighted by Crippen LogP contribution is 2.41. The first-order valence-electron chi connectivity index (χ1n) is 7.81. The molecule has 0 unspecified atom stereocenters. The molecular weight excluding hydrogens is 298 g/mol. The number of nitrogens with one attached hydrogen (secondary N) is 1. The van der Waals surface area contributed by atoms with Crippen molar-refractivity contribution in [3.05, 3.63) is 17.7 Å². The highest BCUT2D eigenvalue weighted by atomic mass is 16.7. The van der Waals surface area contributed by atoms with Gasteiger partial charge in [-0.1, -0.05) is 0 Å². The minimum atomic E-state index is 0.168. The van der Waals surface area contributed by atoms with Gasteiger partial charge in [-0.05, 0) is 24.7 Å². The molecule has 7 heteroatoms. The molecule has 1 N–H and O–H groups in total. The molecule has 0 saturated carbocycles. The molecule has 7 nitrogen and oxygen atoms in total. The summed E-state index contributed by atoms with van der Waals surface area (Å²) < 4.78 is 16.2. The van der Waals surface area contributed by atoms with Crippen LogP contribution in [0.3, 0.4) is 0 Å². The molecule has 2 heterocycles. The molecule has 0 bridgehead atoms. The van der Waals surface area contributed by atoms with E-state index in [2.05, 4.69) is 5.32 Å². The van der Waals surface area contributed by atoms with E-state index >= 15 is 0 Å². The molecule has 3 rings (SSSR count). The molecule has 126 valence electrons. The molecule has 1 aromatic carbocycles. The van der Waals surface area contributed by atoms with Crippen molar-refractivity contribution < 1.29 is 19.0 Å². The molecule has 0 aromatic heterocycles. The maximum atomic E-state index is 12.3. The SMILES string of the molecule is COc1cc(CN(C)CC(=O)N2CCNCC2)cc2c1OCO2. The molecule has 1 amide bonds. The van der Waals surface area contributed by atoms with Crippen molar-refractivity contribution >= 4 is 5.91 Å². The van der Waals surface area contributed by atoms with Crippen molar-refractivity contribution in [3.8, 4) is 17.2 Å². The van der Waals surface area contributed by atoms with E-state index in [0.29, 0.717) is 30.3 Å². The van der Waals surface area contributed by atoms with Gasteiger partial charge in [0.1, 0.15) is 0 Å². The Balaban J connectivity index is 1.61. The Kier molecular flexibility index (Phi) is 4.88. The van der Waals surface area contributed by atoms with Crippen molar-refractivity contribution in [2.24, 2.45) is 0 Å². The fourth-order valence-corrected chi connectivity index (χ4v) is 2.89. The van der Waals surface area contributed by atoms with Gasteiger partial charge in [-0.25, -0.2) is 0 Å². The van der Waals surface area contributed by atoms with Gasteiger partial charge in [0.2, 0.25) is 18.4 Å². The lowest BCUT2D eigenvalue weighted by atomic mass is 10.1. The number of hydrogen-bond acceptors (Lipinski definition) is 6. The van der Waals surface area contributed by atoms with Gasteiger partial charge in [-0.2, -0.15) is 0 Å². The predicted molar refractivity (Wildman–Crippen MR) is 84.9 cm³/mol. The van der Waals surface area contributed by atoms with Crippen LogP contribution in [0.4, 0.5) is 0 Å². The van der Waals surface area contributed by atoms with Gasteiger partial charge in [-0.15, -0.1) is 0 Å². The summed E-state index contributed by atoms with van der Waals surface area (Å²) in [5, 5.41) is 3.25. The third-order valence-corrected chi connectivity index (χ3v) is 4.05. The standard InChI is InChI=1S/C16H23N3O4/c1-18(10-15(20)19-5-3-17-4-6-19)9-12-7-13(21-2)16-14(8-12)22-11-23-16/h7-8,17H,3-6,9-11H2,1-2H3. The molecule has 0 spiro atoms. The topological polar surface area (TPSA) is 63.3 Å². The molecule has 0 aliphatic carbocycles. The summed E-state index contributed by atoms with van der Waals surface area (Å²) in [7, 11) is 3.55. The Morgan fingerprint density at radius 3 is 2.87 bits per heavy atom. The maximum absolute atomic E-state index is 12.3. The molecule has 2 aliphatic rings. The van der Waals surface area contributed by atoms with Crippen LogP contribution in [0, 0.1) is 0 Å².